The van der Waals surface area contributed by atoms with E-state index in [0.717, 1.165) is 24.3 Å². The van der Waals surface area contributed by atoms with Crippen molar-refractivity contribution in [3.8, 4) is 0 Å². The summed E-state index contributed by atoms with van der Waals surface area (Å²) in [5.41, 5.74) is -0.567. The van der Waals surface area contributed by atoms with Gasteiger partial charge in [0.25, 0.3) is 0 Å². The van der Waals surface area contributed by atoms with Crippen LogP contribution in [0.5, 0.6) is 0 Å². The number of alkyl halides is 6. The zero-order valence-electron chi connectivity index (χ0n) is 9.81. The molecule has 0 heterocycles. The average Bonchev–Trinajstić information content (AvgIpc) is 2.32. The molecule has 0 aliphatic carbocycles. The van der Waals surface area contributed by atoms with Crippen molar-refractivity contribution >= 4 is 6.09 Å². The minimum atomic E-state index is -4.63. The minimum Gasteiger partial charge on any atom is -0.440 e. The third-order valence-electron chi connectivity index (χ3n) is 2.09. The van der Waals surface area contributed by atoms with Gasteiger partial charge in [-0.3, -0.25) is 0 Å². The molecule has 9 heteroatoms. The fraction of sp³-hybridized carbons (Fsp3) is 0.364. The molecule has 0 saturated heterocycles. The van der Waals surface area contributed by atoms with Gasteiger partial charge in [-0.1, -0.05) is 12.1 Å². The molecule has 0 radical (unpaired) electrons. The molecule has 0 atom stereocenters. The maximum atomic E-state index is 12.2. The average molecular weight is 301 g/mol. The van der Waals surface area contributed by atoms with Crippen LogP contribution in [0.1, 0.15) is 11.1 Å². The van der Waals surface area contributed by atoms with Gasteiger partial charge in [-0.05, 0) is 17.7 Å². The third kappa shape index (κ3) is 5.81. The van der Waals surface area contributed by atoms with E-state index in [2.05, 4.69) is 4.74 Å². The summed E-state index contributed by atoms with van der Waals surface area (Å²) in [6, 6.07) is 3.82. The number of alkyl carbamates (subject to hydrolysis) is 1. The lowest BCUT2D eigenvalue weighted by Gasteiger charge is -2.10. The number of hydrogen-bond donors (Lipinski definition) is 1. The standard InChI is InChI=1S/C11H9F6NO2/c12-10(13,14)6-20-9(19)18-5-7-1-3-8(4-2-7)11(15,16)17/h1-4H,5-6H2,(H,18,19). The van der Waals surface area contributed by atoms with Crippen molar-refractivity contribution in [3.05, 3.63) is 35.4 Å². The van der Waals surface area contributed by atoms with Crippen LogP contribution < -0.4 is 5.32 Å². The molecule has 0 unspecified atom stereocenters. The molecule has 112 valence electrons. The monoisotopic (exact) mass is 301 g/mol. The largest absolute Gasteiger partial charge is 0.440 e. The summed E-state index contributed by atoms with van der Waals surface area (Å²) in [6.45, 7) is -1.97. The Hall–Kier alpha value is -1.93. The van der Waals surface area contributed by atoms with Crippen LogP contribution in [0.15, 0.2) is 24.3 Å². The van der Waals surface area contributed by atoms with Gasteiger partial charge in [-0.15, -0.1) is 0 Å². The Kier molecular flexibility index (Phi) is 4.85. The highest BCUT2D eigenvalue weighted by molar-refractivity contribution is 5.67. The first-order valence-corrected chi connectivity index (χ1v) is 5.21. The summed E-state index contributed by atoms with van der Waals surface area (Å²) >= 11 is 0. The number of amides is 1. The van der Waals surface area contributed by atoms with Crippen LogP contribution in [0.25, 0.3) is 0 Å². The Morgan fingerprint density at radius 3 is 2.05 bits per heavy atom. The summed E-state index contributed by atoms with van der Waals surface area (Å²) < 4.78 is 75.8. The molecule has 1 N–H and O–H groups in total. The zero-order valence-corrected chi connectivity index (χ0v) is 9.81. The number of ether oxygens (including phenoxy) is 1. The van der Waals surface area contributed by atoms with Crippen LogP contribution in [-0.4, -0.2) is 18.9 Å². The quantitative estimate of drug-likeness (QED) is 0.868. The molecule has 20 heavy (non-hydrogen) atoms. The number of nitrogens with one attached hydrogen (secondary N) is 1. The van der Waals surface area contributed by atoms with E-state index in [1.807, 2.05) is 5.32 Å². The van der Waals surface area contributed by atoms with Gasteiger partial charge in [0.2, 0.25) is 0 Å². The first kappa shape index (κ1) is 16.1. The number of carbonyl (C=O) groups excluding carboxylic acids is 1. The number of benzene rings is 1. The lowest BCUT2D eigenvalue weighted by atomic mass is 10.1. The number of hydrogen-bond acceptors (Lipinski definition) is 2. The molecule has 0 fully saturated rings. The van der Waals surface area contributed by atoms with Crippen molar-refractivity contribution in [2.45, 2.75) is 18.9 Å². The lowest BCUT2D eigenvalue weighted by molar-refractivity contribution is -0.160. The van der Waals surface area contributed by atoms with Gasteiger partial charge in [0.15, 0.2) is 6.61 Å². The molecule has 0 saturated carbocycles. The predicted molar refractivity (Wildman–Crippen MR) is 55.7 cm³/mol. The Morgan fingerprint density at radius 2 is 1.60 bits per heavy atom. The Morgan fingerprint density at radius 1 is 1.05 bits per heavy atom. The summed E-state index contributed by atoms with van der Waals surface area (Å²) in [5, 5.41) is 1.99. The van der Waals surface area contributed by atoms with Gasteiger partial charge in [0, 0.05) is 6.54 Å². The third-order valence-corrected chi connectivity index (χ3v) is 2.09. The Bertz CT molecular complexity index is 451. The van der Waals surface area contributed by atoms with Gasteiger partial charge in [-0.2, -0.15) is 26.3 Å². The van der Waals surface area contributed by atoms with Gasteiger partial charge < -0.3 is 10.1 Å². The second-order valence-electron chi connectivity index (χ2n) is 3.74. The Labute approximate surface area is 109 Å². The summed E-state index contributed by atoms with van der Waals surface area (Å²) in [5.74, 6) is 0. The molecule has 3 nitrogen and oxygen atoms in total. The van der Waals surface area contributed by atoms with Gasteiger partial charge in [0.1, 0.15) is 0 Å². The van der Waals surface area contributed by atoms with Crippen LogP contribution in [-0.2, 0) is 17.5 Å². The smallest absolute Gasteiger partial charge is 0.422 e. The lowest BCUT2D eigenvalue weighted by Crippen LogP contribution is -2.28. The van der Waals surface area contributed by atoms with E-state index < -0.39 is 30.6 Å². The molecule has 1 amide bonds. The highest BCUT2D eigenvalue weighted by Crippen LogP contribution is 2.29. The van der Waals surface area contributed by atoms with Crippen molar-refractivity contribution in [2.75, 3.05) is 6.61 Å². The minimum absolute atomic E-state index is 0.241. The summed E-state index contributed by atoms with van der Waals surface area (Å²) in [7, 11) is 0. The van der Waals surface area contributed by atoms with E-state index >= 15 is 0 Å². The first-order chi connectivity index (χ1) is 9.08. The highest BCUT2D eigenvalue weighted by atomic mass is 19.4. The number of halogens is 6. The van der Waals surface area contributed by atoms with Crippen LogP contribution >= 0.6 is 0 Å². The summed E-state index contributed by atoms with van der Waals surface area (Å²) in [4.78, 5) is 10.9. The molecule has 0 spiro atoms. The first-order valence-electron chi connectivity index (χ1n) is 5.21. The highest BCUT2D eigenvalue weighted by Gasteiger charge is 2.30. The van der Waals surface area contributed by atoms with E-state index in [1.165, 1.54) is 0 Å². The van der Waals surface area contributed by atoms with Crippen LogP contribution in [0.4, 0.5) is 31.1 Å². The van der Waals surface area contributed by atoms with Crippen molar-refractivity contribution < 1.29 is 35.9 Å². The second-order valence-corrected chi connectivity index (χ2v) is 3.74. The topological polar surface area (TPSA) is 38.3 Å². The molecule has 0 aliphatic rings. The molecule has 1 aromatic carbocycles. The van der Waals surface area contributed by atoms with Crippen molar-refractivity contribution in [2.24, 2.45) is 0 Å². The Balaban J connectivity index is 2.44. The van der Waals surface area contributed by atoms with Gasteiger partial charge in [0.05, 0.1) is 5.56 Å². The summed E-state index contributed by atoms with van der Waals surface area (Å²) in [6.07, 6.45) is -10.4. The van der Waals surface area contributed by atoms with E-state index in [4.69, 9.17) is 0 Å². The molecular weight excluding hydrogens is 292 g/mol. The fourth-order valence-corrected chi connectivity index (χ4v) is 1.18. The maximum absolute atomic E-state index is 12.2. The molecule has 0 aromatic heterocycles. The van der Waals surface area contributed by atoms with E-state index in [-0.39, 0.29) is 6.54 Å². The second kappa shape index (κ2) is 6.02. The van der Waals surface area contributed by atoms with E-state index in [9.17, 15) is 31.1 Å². The van der Waals surface area contributed by atoms with Gasteiger partial charge >= 0.3 is 18.4 Å². The van der Waals surface area contributed by atoms with Crippen molar-refractivity contribution in [1.29, 1.82) is 0 Å². The SMILES string of the molecule is O=C(NCc1ccc(C(F)(F)F)cc1)OCC(F)(F)F. The van der Waals surface area contributed by atoms with Crippen molar-refractivity contribution in [1.82, 2.24) is 5.32 Å². The van der Waals surface area contributed by atoms with E-state index in [0.29, 0.717) is 5.56 Å². The van der Waals surface area contributed by atoms with Gasteiger partial charge in [-0.25, -0.2) is 4.79 Å². The van der Waals surface area contributed by atoms with Crippen molar-refractivity contribution in [3.63, 3.8) is 0 Å². The number of rotatable bonds is 3. The van der Waals surface area contributed by atoms with Crippen LogP contribution in [0, 0.1) is 0 Å². The predicted octanol–water partition coefficient (Wildman–Crippen LogP) is 3.49. The van der Waals surface area contributed by atoms with E-state index in [1.54, 1.807) is 0 Å². The number of carbonyl (C=O) groups is 1. The molecule has 0 bridgehead atoms. The van der Waals surface area contributed by atoms with Crippen LogP contribution in [0.3, 0.4) is 0 Å². The fourth-order valence-electron chi connectivity index (χ4n) is 1.18. The maximum Gasteiger partial charge on any atom is 0.422 e. The molecule has 1 aromatic rings. The zero-order chi connectivity index (χ0) is 15.4. The van der Waals surface area contributed by atoms with Crippen LogP contribution in [0.2, 0.25) is 0 Å². The molecule has 1 rings (SSSR count). The normalized spacial score (nSPS) is 12.1. The molecule has 0 aliphatic heterocycles. The molecular formula is C11H9F6NO2.